The third-order valence-corrected chi connectivity index (χ3v) is 5.84. The Morgan fingerprint density at radius 2 is 2.12 bits per heavy atom. The molecule has 174 valence electrons. The Morgan fingerprint density at radius 3 is 2.85 bits per heavy atom. The summed E-state index contributed by atoms with van der Waals surface area (Å²) in [7, 11) is 3.40. The molecule has 0 radical (unpaired) electrons. The summed E-state index contributed by atoms with van der Waals surface area (Å²) in [6.45, 7) is 8.03. The molecule has 0 spiro atoms. The van der Waals surface area contributed by atoms with Gasteiger partial charge < -0.3 is 15.4 Å². The second-order valence-corrected chi connectivity index (χ2v) is 8.48. The lowest BCUT2D eigenvalue weighted by molar-refractivity contribution is 0.393. The highest BCUT2D eigenvalue weighted by Crippen LogP contribution is 2.40. The van der Waals surface area contributed by atoms with Crippen molar-refractivity contribution < 1.29 is 4.74 Å². The number of aryl methyl sites for hydroxylation is 1. The highest BCUT2D eigenvalue weighted by molar-refractivity contribution is 5.75. The second kappa shape index (κ2) is 8.58. The third-order valence-electron chi connectivity index (χ3n) is 5.84. The molecular formula is C25H27N7O2. The summed E-state index contributed by atoms with van der Waals surface area (Å²) < 4.78 is 10.5. The van der Waals surface area contributed by atoms with Gasteiger partial charge in [0.05, 0.1) is 31.2 Å². The first kappa shape index (κ1) is 21.6. The van der Waals surface area contributed by atoms with Crippen LogP contribution in [0.25, 0.3) is 5.65 Å². The van der Waals surface area contributed by atoms with E-state index >= 15 is 0 Å². The number of fused-ring (bicyclic) bond motifs is 1. The largest absolute Gasteiger partial charge is 0.478 e. The normalized spacial score (nSPS) is 13.1. The van der Waals surface area contributed by atoms with Crippen LogP contribution in [-0.4, -0.2) is 30.8 Å². The van der Waals surface area contributed by atoms with E-state index in [1.807, 2.05) is 43.7 Å². The summed E-state index contributed by atoms with van der Waals surface area (Å²) in [6.07, 6.45) is 9.25. The Hall–Kier alpha value is -4.27. The van der Waals surface area contributed by atoms with Gasteiger partial charge >= 0.3 is 5.69 Å². The van der Waals surface area contributed by atoms with Gasteiger partial charge in [-0.3, -0.25) is 9.25 Å². The molecule has 9 nitrogen and oxygen atoms in total. The first-order chi connectivity index (χ1) is 16.5. The standard InChI is InChI=1S/C25H27N7O2/c1-5-16(2)27-19-8-6-7-17(11-19)13-31-15-20(28-21-14-30(3)29-24(21)34-4)23-26-12-22(18-9-10-18)32(23)25(31)33/h5-8,11-12,14-15,18,27-28H,1-2,9-10,13H2,3-4H3. The molecular weight excluding hydrogens is 430 g/mol. The molecule has 1 fully saturated rings. The van der Waals surface area contributed by atoms with E-state index in [-0.39, 0.29) is 5.69 Å². The Labute approximate surface area is 197 Å². The van der Waals surface area contributed by atoms with Crippen molar-refractivity contribution in [2.24, 2.45) is 7.05 Å². The predicted molar refractivity (Wildman–Crippen MR) is 133 cm³/mol. The van der Waals surface area contributed by atoms with E-state index in [4.69, 9.17) is 4.74 Å². The topological polar surface area (TPSA) is 90.4 Å². The van der Waals surface area contributed by atoms with Crippen LogP contribution in [-0.2, 0) is 13.6 Å². The van der Waals surface area contributed by atoms with Crippen molar-refractivity contribution in [2.45, 2.75) is 25.3 Å². The first-order valence-electron chi connectivity index (χ1n) is 11.1. The zero-order chi connectivity index (χ0) is 23.8. The average Bonchev–Trinajstić information content (AvgIpc) is 3.46. The molecule has 34 heavy (non-hydrogen) atoms. The molecule has 0 unspecified atom stereocenters. The van der Waals surface area contributed by atoms with Crippen LogP contribution >= 0.6 is 0 Å². The predicted octanol–water partition coefficient (Wildman–Crippen LogP) is 4.02. The molecule has 1 aromatic carbocycles. The van der Waals surface area contributed by atoms with Gasteiger partial charge in [-0.15, -0.1) is 5.10 Å². The van der Waals surface area contributed by atoms with Crippen LogP contribution in [0.4, 0.5) is 17.1 Å². The maximum atomic E-state index is 13.6. The monoisotopic (exact) mass is 457 g/mol. The van der Waals surface area contributed by atoms with E-state index in [9.17, 15) is 4.79 Å². The lowest BCUT2D eigenvalue weighted by Gasteiger charge is -2.14. The molecule has 4 aromatic rings. The number of nitrogens with one attached hydrogen (secondary N) is 2. The van der Waals surface area contributed by atoms with Crippen molar-refractivity contribution in [3.05, 3.63) is 89.5 Å². The van der Waals surface area contributed by atoms with Crippen molar-refractivity contribution >= 4 is 22.7 Å². The second-order valence-electron chi connectivity index (χ2n) is 8.48. The van der Waals surface area contributed by atoms with Gasteiger partial charge in [-0.1, -0.05) is 25.3 Å². The van der Waals surface area contributed by atoms with Crippen LogP contribution in [0, 0.1) is 0 Å². The van der Waals surface area contributed by atoms with Crippen molar-refractivity contribution in [3.8, 4) is 5.88 Å². The molecule has 0 saturated heterocycles. The average molecular weight is 458 g/mol. The fourth-order valence-corrected chi connectivity index (χ4v) is 4.05. The number of rotatable bonds is 9. The van der Waals surface area contributed by atoms with Gasteiger partial charge in [0.15, 0.2) is 5.65 Å². The lowest BCUT2D eigenvalue weighted by atomic mass is 10.2. The molecule has 0 bridgehead atoms. The van der Waals surface area contributed by atoms with E-state index in [0.717, 1.165) is 29.8 Å². The number of aromatic nitrogens is 5. The molecule has 3 aromatic heterocycles. The number of ether oxygens (including phenoxy) is 1. The van der Waals surface area contributed by atoms with Crippen LogP contribution in [0.2, 0.25) is 0 Å². The maximum absolute atomic E-state index is 13.6. The number of benzene rings is 1. The third kappa shape index (κ3) is 4.07. The molecule has 9 heteroatoms. The summed E-state index contributed by atoms with van der Waals surface area (Å²) in [5, 5.41) is 10.9. The van der Waals surface area contributed by atoms with Gasteiger partial charge in [-0.2, -0.15) is 0 Å². The van der Waals surface area contributed by atoms with E-state index in [2.05, 4.69) is 33.9 Å². The van der Waals surface area contributed by atoms with Crippen molar-refractivity contribution in [2.75, 3.05) is 17.7 Å². The highest BCUT2D eigenvalue weighted by Gasteiger charge is 2.29. The number of hydrogen-bond acceptors (Lipinski definition) is 6. The quantitative estimate of drug-likeness (QED) is 0.369. The number of methoxy groups -OCH3 is 1. The van der Waals surface area contributed by atoms with Crippen LogP contribution in [0.15, 0.2) is 72.6 Å². The Balaban J connectivity index is 1.58. The summed E-state index contributed by atoms with van der Waals surface area (Å²) >= 11 is 0. The van der Waals surface area contributed by atoms with Gasteiger partial charge in [-0.05, 0) is 36.6 Å². The molecule has 5 rings (SSSR count). The summed E-state index contributed by atoms with van der Waals surface area (Å²) in [5.41, 5.74) is 5.39. The number of anilines is 3. The minimum atomic E-state index is -0.119. The minimum absolute atomic E-state index is 0.119. The highest BCUT2D eigenvalue weighted by atomic mass is 16.5. The number of allylic oxidation sites excluding steroid dienone is 1. The zero-order valence-corrected chi connectivity index (χ0v) is 19.3. The van der Waals surface area contributed by atoms with Gasteiger partial charge in [0.2, 0.25) is 0 Å². The molecule has 1 aliphatic rings. The number of nitrogens with zero attached hydrogens (tertiary/aromatic N) is 5. The molecule has 0 aliphatic heterocycles. The lowest BCUT2D eigenvalue weighted by Crippen LogP contribution is -2.28. The smallest absolute Gasteiger partial charge is 0.334 e. The molecule has 1 saturated carbocycles. The van der Waals surface area contributed by atoms with Crippen LogP contribution < -0.4 is 21.1 Å². The number of imidazole rings is 1. The molecule has 2 N–H and O–H groups in total. The first-order valence-corrected chi connectivity index (χ1v) is 11.1. The van der Waals surface area contributed by atoms with Crippen molar-refractivity contribution in [3.63, 3.8) is 0 Å². The maximum Gasteiger partial charge on any atom is 0.334 e. The van der Waals surface area contributed by atoms with Crippen LogP contribution in [0.5, 0.6) is 5.88 Å². The zero-order valence-electron chi connectivity index (χ0n) is 19.3. The van der Waals surface area contributed by atoms with E-state index in [0.29, 0.717) is 41.1 Å². The van der Waals surface area contributed by atoms with Gasteiger partial charge in [0.1, 0.15) is 5.69 Å². The van der Waals surface area contributed by atoms with Gasteiger partial charge in [-0.25, -0.2) is 14.2 Å². The molecule has 1 aliphatic carbocycles. The van der Waals surface area contributed by atoms with Crippen molar-refractivity contribution in [1.82, 2.24) is 23.7 Å². The summed E-state index contributed by atoms with van der Waals surface area (Å²) in [4.78, 5) is 18.2. The van der Waals surface area contributed by atoms with Crippen molar-refractivity contribution in [1.29, 1.82) is 0 Å². The Bertz CT molecular complexity index is 1460. The fraction of sp³-hybridized carbons (Fsp3) is 0.240. The number of hydrogen-bond donors (Lipinski definition) is 2. The SMILES string of the molecule is C=CC(=C)Nc1cccc(Cn2cc(Nc3cn(C)nc3OC)c3ncc(C4CC4)n3c2=O)c1. The van der Waals surface area contributed by atoms with E-state index in [1.165, 1.54) is 0 Å². The van der Waals surface area contributed by atoms with Crippen LogP contribution in [0.3, 0.4) is 0 Å². The summed E-state index contributed by atoms with van der Waals surface area (Å²) in [5.74, 6) is 0.838. The van der Waals surface area contributed by atoms with Gasteiger partial charge in [0, 0.05) is 36.7 Å². The molecule has 3 heterocycles. The minimum Gasteiger partial charge on any atom is -0.478 e. The van der Waals surface area contributed by atoms with E-state index in [1.54, 1.807) is 33.0 Å². The molecule has 0 amide bonds. The van der Waals surface area contributed by atoms with Crippen LogP contribution in [0.1, 0.15) is 30.0 Å². The van der Waals surface area contributed by atoms with Gasteiger partial charge in [0.25, 0.3) is 5.88 Å². The van der Waals surface area contributed by atoms with E-state index < -0.39 is 0 Å². The Kier molecular flexibility index (Phi) is 5.45. The summed E-state index contributed by atoms with van der Waals surface area (Å²) in [6, 6.07) is 7.89. The fourth-order valence-electron chi connectivity index (χ4n) is 4.05. The molecule has 0 atom stereocenters. The Morgan fingerprint density at radius 1 is 1.29 bits per heavy atom.